The molecule has 0 saturated heterocycles. The monoisotopic (exact) mass is 310 g/mol. The third kappa shape index (κ3) is 2.04. The average Bonchev–Trinajstić information content (AvgIpc) is 3.14. The van der Waals surface area contributed by atoms with Crippen molar-refractivity contribution in [2.45, 2.75) is 20.3 Å². The van der Waals surface area contributed by atoms with E-state index in [1.54, 1.807) is 11.3 Å². The van der Waals surface area contributed by atoms with Crippen molar-refractivity contribution in [2.75, 3.05) is 11.9 Å². The molecule has 1 aliphatic carbocycles. The molecule has 3 aromatic heterocycles. The molecule has 112 valence electrons. The van der Waals surface area contributed by atoms with Crippen molar-refractivity contribution in [2.24, 2.45) is 7.05 Å². The molecule has 0 spiro atoms. The Labute approximate surface area is 133 Å². The fourth-order valence-corrected chi connectivity index (χ4v) is 4.36. The highest BCUT2D eigenvalue weighted by molar-refractivity contribution is 7.26. The number of nitrogens with zero attached hydrogens (tertiary/aromatic N) is 3. The molecule has 4 nitrogen and oxygen atoms in total. The Morgan fingerprint density at radius 2 is 2.23 bits per heavy atom. The predicted octanol–water partition coefficient (Wildman–Crippen LogP) is 4.10. The lowest BCUT2D eigenvalue weighted by molar-refractivity contribution is 0.800. The van der Waals surface area contributed by atoms with Crippen LogP contribution in [0.2, 0.25) is 0 Å². The van der Waals surface area contributed by atoms with Crippen LogP contribution >= 0.6 is 11.3 Å². The largest absolute Gasteiger partial charge is 0.363 e. The van der Waals surface area contributed by atoms with E-state index < -0.39 is 0 Å². The number of rotatable bonds is 3. The van der Waals surface area contributed by atoms with Gasteiger partial charge in [-0.3, -0.25) is 4.68 Å². The maximum Gasteiger partial charge on any atom is 0.166 e. The summed E-state index contributed by atoms with van der Waals surface area (Å²) in [6.07, 6.45) is 7.64. The van der Waals surface area contributed by atoms with Crippen molar-refractivity contribution < 1.29 is 0 Å². The molecule has 0 radical (unpaired) electrons. The van der Waals surface area contributed by atoms with Crippen LogP contribution in [0.3, 0.4) is 0 Å². The lowest BCUT2D eigenvalue weighted by Crippen LogP contribution is -2.04. The molecule has 1 N–H and O–H groups in total. The third-order valence-electron chi connectivity index (χ3n) is 4.06. The van der Waals surface area contributed by atoms with Crippen LogP contribution in [-0.4, -0.2) is 21.3 Å². The standard InChI is InChI=1S/C17H18N4S/c1-10-8-11(2)19-17-13(10)14-15(22-17)16(20-21(14)3)18-9-12-6-4-5-7-12/h4,6-8H,5,9H2,1-3H3,(H,18,20). The summed E-state index contributed by atoms with van der Waals surface area (Å²) >= 11 is 1.73. The molecule has 4 rings (SSSR count). The highest BCUT2D eigenvalue weighted by atomic mass is 32.1. The summed E-state index contributed by atoms with van der Waals surface area (Å²) < 4.78 is 3.17. The van der Waals surface area contributed by atoms with Gasteiger partial charge in [-0.1, -0.05) is 18.2 Å². The van der Waals surface area contributed by atoms with Gasteiger partial charge in [0.05, 0.1) is 10.2 Å². The van der Waals surface area contributed by atoms with Crippen molar-refractivity contribution >= 4 is 37.6 Å². The molecule has 0 saturated carbocycles. The molecule has 0 aromatic carbocycles. The second-order valence-electron chi connectivity index (χ2n) is 5.78. The first-order chi connectivity index (χ1) is 10.6. The van der Waals surface area contributed by atoms with E-state index in [9.17, 15) is 0 Å². The zero-order valence-corrected chi connectivity index (χ0v) is 13.8. The van der Waals surface area contributed by atoms with E-state index in [1.807, 2.05) is 18.7 Å². The Bertz CT molecular complexity index is 943. The number of allylic oxidation sites excluding steroid dienone is 2. The van der Waals surface area contributed by atoms with Gasteiger partial charge in [-0.15, -0.1) is 11.3 Å². The molecule has 22 heavy (non-hydrogen) atoms. The van der Waals surface area contributed by atoms with Gasteiger partial charge in [0.1, 0.15) is 4.83 Å². The summed E-state index contributed by atoms with van der Waals surface area (Å²) in [6.45, 7) is 5.02. The van der Waals surface area contributed by atoms with Gasteiger partial charge in [0.25, 0.3) is 0 Å². The lowest BCUT2D eigenvalue weighted by Gasteiger charge is -2.02. The van der Waals surface area contributed by atoms with Crippen LogP contribution in [0.25, 0.3) is 20.4 Å². The number of nitrogens with one attached hydrogen (secondary N) is 1. The summed E-state index contributed by atoms with van der Waals surface area (Å²) in [5.41, 5.74) is 4.85. The number of hydrogen-bond acceptors (Lipinski definition) is 4. The van der Waals surface area contributed by atoms with Gasteiger partial charge in [-0.05, 0) is 37.5 Å². The molecule has 0 unspecified atom stereocenters. The van der Waals surface area contributed by atoms with Gasteiger partial charge in [0.15, 0.2) is 5.82 Å². The van der Waals surface area contributed by atoms with Gasteiger partial charge in [-0.2, -0.15) is 5.10 Å². The van der Waals surface area contributed by atoms with Gasteiger partial charge in [0.2, 0.25) is 0 Å². The molecule has 5 heteroatoms. The minimum absolute atomic E-state index is 0.822. The molecule has 0 bridgehead atoms. The van der Waals surface area contributed by atoms with Crippen molar-refractivity contribution in [3.8, 4) is 0 Å². The average molecular weight is 310 g/mol. The molecule has 3 heterocycles. The summed E-state index contributed by atoms with van der Waals surface area (Å²) in [6, 6.07) is 2.14. The zero-order chi connectivity index (χ0) is 15.3. The summed E-state index contributed by atoms with van der Waals surface area (Å²) in [4.78, 5) is 5.79. The Morgan fingerprint density at radius 1 is 1.36 bits per heavy atom. The molecule has 0 fully saturated rings. The van der Waals surface area contributed by atoms with E-state index in [4.69, 9.17) is 4.98 Å². The van der Waals surface area contributed by atoms with Crippen molar-refractivity contribution in [3.63, 3.8) is 0 Å². The van der Waals surface area contributed by atoms with Gasteiger partial charge in [0, 0.05) is 24.7 Å². The van der Waals surface area contributed by atoms with Gasteiger partial charge < -0.3 is 5.32 Å². The quantitative estimate of drug-likeness (QED) is 0.792. The third-order valence-corrected chi connectivity index (χ3v) is 5.14. The van der Waals surface area contributed by atoms with Crippen LogP contribution in [0.15, 0.2) is 29.9 Å². The van der Waals surface area contributed by atoms with Crippen LogP contribution in [0.1, 0.15) is 17.7 Å². The Balaban J connectivity index is 1.83. The lowest BCUT2D eigenvalue weighted by atomic mass is 10.1. The van der Waals surface area contributed by atoms with E-state index >= 15 is 0 Å². The predicted molar refractivity (Wildman–Crippen MR) is 93.7 cm³/mol. The number of aromatic nitrogens is 3. The van der Waals surface area contributed by atoms with E-state index in [1.165, 1.54) is 26.7 Å². The van der Waals surface area contributed by atoms with Crippen molar-refractivity contribution in [1.29, 1.82) is 0 Å². The molecular weight excluding hydrogens is 292 g/mol. The minimum atomic E-state index is 0.822. The highest BCUT2D eigenvalue weighted by Gasteiger charge is 2.17. The molecule has 0 aliphatic heterocycles. The fraction of sp³-hybridized carbons (Fsp3) is 0.294. The molecular formula is C17H18N4S. The normalized spacial score (nSPS) is 14.2. The molecule has 1 aliphatic rings. The van der Waals surface area contributed by atoms with Crippen LogP contribution in [0.5, 0.6) is 0 Å². The van der Waals surface area contributed by atoms with E-state index in [2.05, 4.69) is 41.6 Å². The molecule has 0 atom stereocenters. The first-order valence-electron chi connectivity index (χ1n) is 7.46. The summed E-state index contributed by atoms with van der Waals surface area (Å²) in [5, 5.41) is 9.37. The number of anilines is 1. The van der Waals surface area contributed by atoms with Crippen molar-refractivity contribution in [3.05, 3.63) is 41.1 Å². The van der Waals surface area contributed by atoms with Crippen LogP contribution in [0, 0.1) is 13.8 Å². The number of aryl methyl sites for hydroxylation is 3. The van der Waals surface area contributed by atoms with Gasteiger partial charge >= 0.3 is 0 Å². The second kappa shape index (κ2) is 4.95. The fourth-order valence-electron chi connectivity index (χ4n) is 3.08. The Hall–Kier alpha value is -2.14. The number of hydrogen-bond donors (Lipinski definition) is 1. The van der Waals surface area contributed by atoms with Crippen LogP contribution in [-0.2, 0) is 7.05 Å². The first-order valence-corrected chi connectivity index (χ1v) is 8.28. The van der Waals surface area contributed by atoms with Crippen molar-refractivity contribution in [1.82, 2.24) is 14.8 Å². The SMILES string of the molecule is Cc1cc(C)c2c(n1)sc1c(NCC3=CCC=C3)nn(C)c12. The van der Waals surface area contributed by atoms with E-state index in [0.717, 1.165) is 29.3 Å². The van der Waals surface area contributed by atoms with Gasteiger partial charge in [-0.25, -0.2) is 4.98 Å². The minimum Gasteiger partial charge on any atom is -0.363 e. The van der Waals surface area contributed by atoms with Crippen LogP contribution in [0.4, 0.5) is 5.82 Å². The maximum absolute atomic E-state index is 4.69. The first kappa shape index (κ1) is 13.5. The highest BCUT2D eigenvalue weighted by Crippen LogP contribution is 2.38. The summed E-state index contributed by atoms with van der Waals surface area (Å²) in [5.74, 6) is 0.957. The van der Waals surface area contributed by atoms with Crippen LogP contribution < -0.4 is 5.32 Å². The van der Waals surface area contributed by atoms with E-state index in [0.29, 0.717) is 0 Å². The Morgan fingerprint density at radius 3 is 3.00 bits per heavy atom. The molecule has 3 aromatic rings. The molecule has 0 amide bonds. The number of pyridine rings is 1. The smallest absolute Gasteiger partial charge is 0.166 e. The Kier molecular flexibility index (Phi) is 3.04. The topological polar surface area (TPSA) is 42.7 Å². The maximum atomic E-state index is 4.69. The van der Waals surface area contributed by atoms with E-state index in [-0.39, 0.29) is 0 Å². The zero-order valence-electron chi connectivity index (χ0n) is 13.0. The number of fused-ring (bicyclic) bond motifs is 3. The number of thiophene rings is 1. The second-order valence-corrected chi connectivity index (χ2v) is 6.78. The summed E-state index contributed by atoms with van der Waals surface area (Å²) in [7, 11) is 2.01.